The van der Waals surface area contributed by atoms with Gasteiger partial charge in [0.2, 0.25) is 0 Å². The van der Waals surface area contributed by atoms with Crippen molar-refractivity contribution < 1.29 is 13.9 Å². The lowest BCUT2D eigenvalue weighted by Crippen LogP contribution is -2.27. The Bertz CT molecular complexity index is 405. The van der Waals surface area contributed by atoms with Crippen LogP contribution < -0.4 is 10.1 Å². The van der Waals surface area contributed by atoms with Gasteiger partial charge < -0.3 is 14.8 Å². The van der Waals surface area contributed by atoms with Crippen LogP contribution >= 0.6 is 0 Å². The second-order valence-corrected chi connectivity index (χ2v) is 4.89. The van der Waals surface area contributed by atoms with E-state index in [0.29, 0.717) is 5.75 Å². The average molecular weight is 267 g/mol. The largest absolute Gasteiger partial charge is 0.490 e. The Morgan fingerprint density at radius 1 is 1.42 bits per heavy atom. The van der Waals surface area contributed by atoms with E-state index in [9.17, 15) is 4.39 Å². The summed E-state index contributed by atoms with van der Waals surface area (Å²) in [6, 6.07) is 4.93. The van der Waals surface area contributed by atoms with Gasteiger partial charge in [0.25, 0.3) is 0 Å². The van der Waals surface area contributed by atoms with E-state index in [1.165, 1.54) is 12.1 Å². The fourth-order valence-electron chi connectivity index (χ4n) is 2.36. The molecule has 0 bridgehead atoms. The van der Waals surface area contributed by atoms with Gasteiger partial charge in [-0.15, -0.1) is 0 Å². The van der Waals surface area contributed by atoms with Crippen LogP contribution in [0.5, 0.6) is 5.75 Å². The van der Waals surface area contributed by atoms with Gasteiger partial charge in [0, 0.05) is 30.5 Å². The zero-order valence-electron chi connectivity index (χ0n) is 11.6. The molecule has 0 aliphatic carbocycles. The van der Waals surface area contributed by atoms with Crippen molar-refractivity contribution in [3.05, 3.63) is 29.6 Å². The summed E-state index contributed by atoms with van der Waals surface area (Å²) in [5.41, 5.74) is 1.01. The van der Waals surface area contributed by atoms with E-state index < -0.39 is 0 Å². The first-order valence-electron chi connectivity index (χ1n) is 6.98. The number of nitrogens with one attached hydrogen (secondary N) is 1. The zero-order chi connectivity index (χ0) is 13.7. The van der Waals surface area contributed by atoms with Gasteiger partial charge in [0.05, 0.1) is 13.2 Å². The molecule has 1 aliphatic rings. The summed E-state index contributed by atoms with van der Waals surface area (Å²) < 4.78 is 24.7. The molecule has 0 saturated carbocycles. The highest BCUT2D eigenvalue weighted by molar-refractivity contribution is 5.36. The van der Waals surface area contributed by atoms with Crippen LogP contribution in [0.1, 0.15) is 38.3 Å². The standard InChI is InChI=1S/C15H22FNO2/c1-3-17-11(2)14-5-4-12(16)10-15(14)19-13-6-8-18-9-7-13/h4-5,10-11,13,17H,3,6-9H2,1-2H3. The topological polar surface area (TPSA) is 30.5 Å². The van der Waals surface area contributed by atoms with Crippen LogP contribution in [0.4, 0.5) is 4.39 Å². The van der Waals surface area contributed by atoms with Crippen molar-refractivity contribution in [1.29, 1.82) is 0 Å². The van der Waals surface area contributed by atoms with E-state index in [0.717, 1.165) is 38.2 Å². The maximum absolute atomic E-state index is 13.4. The lowest BCUT2D eigenvalue weighted by molar-refractivity contribution is 0.0249. The van der Waals surface area contributed by atoms with Crippen molar-refractivity contribution in [2.24, 2.45) is 0 Å². The van der Waals surface area contributed by atoms with Crippen LogP contribution in [0.2, 0.25) is 0 Å². The summed E-state index contributed by atoms with van der Waals surface area (Å²) in [6.07, 6.45) is 1.86. The first kappa shape index (κ1) is 14.3. The SMILES string of the molecule is CCNC(C)c1ccc(F)cc1OC1CCOCC1. The van der Waals surface area contributed by atoms with Crippen LogP contribution in [-0.4, -0.2) is 25.9 Å². The predicted molar refractivity (Wildman–Crippen MR) is 73.0 cm³/mol. The Labute approximate surface area is 114 Å². The average Bonchev–Trinajstić information content (AvgIpc) is 2.40. The summed E-state index contributed by atoms with van der Waals surface area (Å²) in [6.45, 7) is 6.43. The third-order valence-corrected chi connectivity index (χ3v) is 3.41. The molecule has 1 fully saturated rings. The molecule has 1 aliphatic heterocycles. The van der Waals surface area contributed by atoms with Gasteiger partial charge in [-0.05, 0) is 19.5 Å². The Morgan fingerprint density at radius 3 is 2.84 bits per heavy atom. The Kier molecular flexibility index (Phi) is 5.16. The molecular formula is C15H22FNO2. The minimum Gasteiger partial charge on any atom is -0.490 e. The maximum atomic E-state index is 13.4. The summed E-state index contributed by atoms with van der Waals surface area (Å²) in [4.78, 5) is 0. The molecule has 3 nitrogen and oxygen atoms in total. The summed E-state index contributed by atoms with van der Waals surface area (Å²) >= 11 is 0. The molecule has 0 radical (unpaired) electrons. The van der Waals surface area contributed by atoms with Crippen molar-refractivity contribution in [2.75, 3.05) is 19.8 Å². The Balaban J connectivity index is 2.14. The van der Waals surface area contributed by atoms with Crippen molar-refractivity contribution in [3.63, 3.8) is 0 Å². The minimum atomic E-state index is -0.255. The van der Waals surface area contributed by atoms with E-state index >= 15 is 0 Å². The fourth-order valence-corrected chi connectivity index (χ4v) is 2.36. The van der Waals surface area contributed by atoms with Crippen molar-refractivity contribution in [3.8, 4) is 5.75 Å². The van der Waals surface area contributed by atoms with E-state index in [-0.39, 0.29) is 18.0 Å². The molecule has 1 heterocycles. The molecule has 0 spiro atoms. The van der Waals surface area contributed by atoms with Crippen molar-refractivity contribution in [1.82, 2.24) is 5.32 Å². The molecular weight excluding hydrogens is 245 g/mol. The first-order valence-corrected chi connectivity index (χ1v) is 6.98. The molecule has 1 aromatic carbocycles. The van der Waals surface area contributed by atoms with Crippen LogP contribution in [0.25, 0.3) is 0 Å². The predicted octanol–water partition coefficient (Wildman–Crippen LogP) is 3.05. The van der Waals surface area contributed by atoms with E-state index in [1.807, 2.05) is 0 Å². The van der Waals surface area contributed by atoms with Crippen LogP contribution in [-0.2, 0) is 4.74 Å². The smallest absolute Gasteiger partial charge is 0.127 e. The Morgan fingerprint density at radius 2 is 2.16 bits per heavy atom. The third kappa shape index (κ3) is 3.91. The highest BCUT2D eigenvalue weighted by Crippen LogP contribution is 2.28. The molecule has 2 rings (SSSR count). The number of halogens is 1. The van der Waals surface area contributed by atoms with Gasteiger partial charge in [0.1, 0.15) is 17.7 Å². The molecule has 106 valence electrons. The number of benzene rings is 1. The summed E-state index contributed by atoms with van der Waals surface area (Å²) in [5, 5.41) is 3.33. The summed E-state index contributed by atoms with van der Waals surface area (Å²) in [5.74, 6) is 0.398. The monoisotopic (exact) mass is 267 g/mol. The molecule has 19 heavy (non-hydrogen) atoms. The minimum absolute atomic E-state index is 0.128. The lowest BCUT2D eigenvalue weighted by atomic mass is 10.1. The van der Waals surface area contributed by atoms with Crippen molar-refractivity contribution in [2.45, 2.75) is 38.8 Å². The molecule has 1 aromatic rings. The number of ether oxygens (including phenoxy) is 2. The van der Waals surface area contributed by atoms with Gasteiger partial charge in [0.15, 0.2) is 0 Å². The molecule has 0 aromatic heterocycles. The van der Waals surface area contributed by atoms with E-state index in [1.54, 1.807) is 6.07 Å². The van der Waals surface area contributed by atoms with Crippen LogP contribution in [0, 0.1) is 5.82 Å². The van der Waals surface area contributed by atoms with Gasteiger partial charge in [-0.3, -0.25) is 0 Å². The van der Waals surface area contributed by atoms with Gasteiger partial charge in [-0.1, -0.05) is 13.0 Å². The van der Waals surface area contributed by atoms with Crippen LogP contribution in [0.15, 0.2) is 18.2 Å². The van der Waals surface area contributed by atoms with E-state index in [2.05, 4.69) is 19.2 Å². The van der Waals surface area contributed by atoms with Crippen molar-refractivity contribution >= 4 is 0 Å². The number of rotatable bonds is 5. The van der Waals surface area contributed by atoms with Gasteiger partial charge in [-0.2, -0.15) is 0 Å². The maximum Gasteiger partial charge on any atom is 0.127 e. The normalized spacial score (nSPS) is 18.3. The van der Waals surface area contributed by atoms with Gasteiger partial charge in [-0.25, -0.2) is 4.39 Å². The highest BCUT2D eigenvalue weighted by Gasteiger charge is 2.19. The molecule has 1 saturated heterocycles. The van der Waals surface area contributed by atoms with Gasteiger partial charge >= 0.3 is 0 Å². The summed E-state index contributed by atoms with van der Waals surface area (Å²) in [7, 11) is 0. The number of hydrogen-bond donors (Lipinski definition) is 1. The molecule has 0 amide bonds. The molecule has 1 atom stereocenters. The number of hydrogen-bond acceptors (Lipinski definition) is 3. The fraction of sp³-hybridized carbons (Fsp3) is 0.600. The zero-order valence-corrected chi connectivity index (χ0v) is 11.6. The molecule has 1 unspecified atom stereocenters. The molecule has 1 N–H and O–H groups in total. The molecule has 4 heteroatoms. The van der Waals surface area contributed by atoms with Crippen LogP contribution in [0.3, 0.4) is 0 Å². The third-order valence-electron chi connectivity index (χ3n) is 3.41. The lowest BCUT2D eigenvalue weighted by Gasteiger charge is -2.26. The quantitative estimate of drug-likeness (QED) is 0.889. The second-order valence-electron chi connectivity index (χ2n) is 4.89. The first-order chi connectivity index (χ1) is 9.20. The Hall–Kier alpha value is -1.13. The highest BCUT2D eigenvalue weighted by atomic mass is 19.1. The second kappa shape index (κ2) is 6.87. The van der Waals surface area contributed by atoms with E-state index in [4.69, 9.17) is 9.47 Å².